The molecule has 2 aromatic carbocycles. The van der Waals surface area contributed by atoms with Crippen molar-refractivity contribution in [2.45, 2.75) is 47.1 Å². The van der Waals surface area contributed by atoms with Crippen LogP contribution >= 0.6 is 0 Å². The highest BCUT2D eigenvalue weighted by molar-refractivity contribution is 6.03. The highest BCUT2D eigenvalue weighted by Crippen LogP contribution is 2.43. The van der Waals surface area contributed by atoms with Gasteiger partial charge in [-0.2, -0.15) is 4.98 Å². The van der Waals surface area contributed by atoms with Gasteiger partial charge in [-0.15, -0.1) is 0 Å². The van der Waals surface area contributed by atoms with Gasteiger partial charge in [-0.1, -0.05) is 6.08 Å². The third-order valence-electron chi connectivity index (χ3n) is 8.92. The van der Waals surface area contributed by atoms with Gasteiger partial charge in [0, 0.05) is 48.8 Å². The standard InChI is InChI=1S/C36H44N6O5/c1-23-8-7-9-24(2)32(23)41-22-27-21-37-35(39-34(27)42(36(41)43)30-11-10-29(44-5)20-31(30)45-6)38-28-18-25(3)33(26(4)19-28)47-17-14-40-12-15-46-16-13-40/h8,10-11,18-21H,7,9,12-17,22H2,1-6H3,(H,37,38,39). The van der Waals surface area contributed by atoms with E-state index in [-0.39, 0.29) is 6.03 Å². The Balaban J connectivity index is 1.31. The Hall–Kier alpha value is -4.61. The van der Waals surface area contributed by atoms with Gasteiger partial charge in [0.15, 0.2) is 5.82 Å². The monoisotopic (exact) mass is 640 g/mol. The molecule has 6 rings (SSSR count). The first kappa shape index (κ1) is 32.3. The van der Waals surface area contributed by atoms with E-state index in [0.29, 0.717) is 42.1 Å². The molecule has 0 bridgehead atoms. The van der Waals surface area contributed by atoms with E-state index < -0.39 is 0 Å². The third-order valence-corrected chi connectivity index (χ3v) is 8.92. The average Bonchev–Trinajstić information content (AvgIpc) is 3.06. The Labute approximate surface area is 276 Å². The van der Waals surface area contributed by atoms with Crippen LogP contribution in [0, 0.1) is 13.8 Å². The van der Waals surface area contributed by atoms with E-state index >= 15 is 0 Å². The van der Waals surface area contributed by atoms with Crippen molar-refractivity contribution in [1.29, 1.82) is 0 Å². The van der Waals surface area contributed by atoms with Crippen LogP contribution in [-0.4, -0.2) is 79.5 Å². The molecule has 1 saturated heterocycles. The SMILES string of the molecule is COc1ccc(N2C(=O)N(C3=C(C)CCC=C3C)Cc3cnc(Nc4cc(C)c(OCCN5CCOCC5)c(C)c4)nc32)c(OC)c1. The number of benzene rings is 2. The average molecular weight is 641 g/mol. The third kappa shape index (κ3) is 6.77. The van der Waals surface area contributed by atoms with Crippen LogP contribution in [0.3, 0.4) is 0 Å². The number of amides is 2. The Kier molecular flexibility index (Phi) is 9.65. The fourth-order valence-corrected chi connectivity index (χ4v) is 6.55. The van der Waals surface area contributed by atoms with Gasteiger partial charge >= 0.3 is 6.03 Å². The molecule has 3 aromatic rings. The molecule has 1 N–H and O–H groups in total. The molecule has 11 nitrogen and oxygen atoms in total. The number of morpholine rings is 1. The van der Waals surface area contributed by atoms with Gasteiger partial charge in [0.05, 0.1) is 39.7 Å². The summed E-state index contributed by atoms with van der Waals surface area (Å²) in [5.74, 6) is 2.89. The molecule has 3 heterocycles. The first-order chi connectivity index (χ1) is 22.8. The predicted octanol–water partition coefficient (Wildman–Crippen LogP) is 6.65. The second-order valence-electron chi connectivity index (χ2n) is 12.2. The van der Waals surface area contributed by atoms with Crippen molar-refractivity contribution in [1.82, 2.24) is 19.8 Å². The highest BCUT2D eigenvalue weighted by atomic mass is 16.5. The second-order valence-corrected chi connectivity index (χ2v) is 12.2. The predicted molar refractivity (Wildman–Crippen MR) is 182 cm³/mol. The van der Waals surface area contributed by atoms with Gasteiger partial charge in [-0.3, -0.25) is 9.80 Å². The van der Waals surface area contributed by atoms with Crippen LogP contribution in [0.1, 0.15) is 43.4 Å². The number of allylic oxidation sites excluding steroid dienone is 3. The van der Waals surface area contributed by atoms with Gasteiger partial charge in [0.1, 0.15) is 23.9 Å². The molecular formula is C36H44N6O5. The molecule has 248 valence electrons. The number of anilines is 4. The number of carbonyl (C=O) groups excluding carboxylic acids is 1. The molecule has 2 amide bonds. The summed E-state index contributed by atoms with van der Waals surface area (Å²) in [6, 6.07) is 9.27. The summed E-state index contributed by atoms with van der Waals surface area (Å²) in [5.41, 5.74) is 7.47. The van der Waals surface area contributed by atoms with E-state index in [1.54, 1.807) is 31.4 Å². The van der Waals surface area contributed by atoms with E-state index in [1.807, 2.05) is 43.0 Å². The normalized spacial score (nSPS) is 17.0. The van der Waals surface area contributed by atoms with Gasteiger partial charge in [-0.05, 0) is 87.1 Å². The van der Waals surface area contributed by atoms with Crippen LogP contribution in [0.15, 0.2) is 59.4 Å². The highest BCUT2D eigenvalue weighted by Gasteiger charge is 2.38. The zero-order chi connectivity index (χ0) is 33.1. The van der Waals surface area contributed by atoms with E-state index in [1.165, 1.54) is 5.57 Å². The molecule has 0 atom stereocenters. The molecule has 1 aromatic heterocycles. The smallest absolute Gasteiger partial charge is 0.335 e. The van der Waals surface area contributed by atoms with Crippen molar-refractivity contribution in [3.05, 3.63) is 76.1 Å². The molecule has 1 aliphatic carbocycles. The maximum absolute atomic E-state index is 14.5. The Morgan fingerprint density at radius 1 is 1.00 bits per heavy atom. The summed E-state index contributed by atoms with van der Waals surface area (Å²) in [6.45, 7) is 13.5. The first-order valence-corrected chi connectivity index (χ1v) is 16.1. The van der Waals surface area contributed by atoms with Crippen LogP contribution in [0.2, 0.25) is 0 Å². The molecule has 0 spiro atoms. The van der Waals surface area contributed by atoms with Crippen LogP contribution in [0.5, 0.6) is 17.2 Å². The molecule has 0 unspecified atom stereocenters. The summed E-state index contributed by atoms with van der Waals surface area (Å²) < 4.78 is 22.9. The van der Waals surface area contributed by atoms with E-state index in [4.69, 9.17) is 28.9 Å². The lowest BCUT2D eigenvalue weighted by molar-refractivity contribution is 0.0322. The van der Waals surface area contributed by atoms with E-state index in [2.05, 4.69) is 30.1 Å². The summed E-state index contributed by atoms with van der Waals surface area (Å²) in [6.07, 6.45) is 5.87. The molecule has 1 fully saturated rings. The number of fused-ring (bicyclic) bond motifs is 1. The van der Waals surface area contributed by atoms with Crippen molar-refractivity contribution >= 4 is 29.2 Å². The number of aromatic nitrogens is 2. The molecule has 11 heteroatoms. The van der Waals surface area contributed by atoms with Crippen molar-refractivity contribution in [2.75, 3.05) is 63.9 Å². The van der Waals surface area contributed by atoms with E-state index in [9.17, 15) is 4.79 Å². The zero-order valence-corrected chi connectivity index (χ0v) is 28.2. The van der Waals surface area contributed by atoms with Crippen LogP contribution in [0.25, 0.3) is 0 Å². The minimum atomic E-state index is -0.208. The van der Waals surface area contributed by atoms with Gasteiger partial charge in [-0.25, -0.2) is 14.7 Å². The maximum atomic E-state index is 14.5. The number of ether oxygens (including phenoxy) is 4. The topological polar surface area (TPSA) is 102 Å². The van der Waals surface area contributed by atoms with E-state index in [0.717, 1.165) is 85.1 Å². The number of hydrogen-bond acceptors (Lipinski definition) is 9. The lowest BCUT2D eigenvalue weighted by atomic mass is 9.96. The largest absolute Gasteiger partial charge is 0.497 e. The summed E-state index contributed by atoms with van der Waals surface area (Å²) in [5, 5.41) is 3.37. The summed E-state index contributed by atoms with van der Waals surface area (Å²) in [4.78, 5) is 29.9. The fourth-order valence-electron chi connectivity index (χ4n) is 6.55. The molecular weight excluding hydrogens is 596 g/mol. The van der Waals surface area contributed by atoms with Crippen molar-refractivity contribution < 1.29 is 23.7 Å². The number of methoxy groups -OCH3 is 2. The lowest BCUT2D eigenvalue weighted by Gasteiger charge is -2.39. The molecule has 3 aliphatic rings. The van der Waals surface area contributed by atoms with Gasteiger partial charge < -0.3 is 24.3 Å². The minimum absolute atomic E-state index is 0.208. The van der Waals surface area contributed by atoms with Crippen molar-refractivity contribution in [3.63, 3.8) is 0 Å². The number of nitrogens with one attached hydrogen (secondary N) is 1. The second kappa shape index (κ2) is 14.0. The lowest BCUT2D eigenvalue weighted by Crippen LogP contribution is -2.45. The van der Waals surface area contributed by atoms with Crippen molar-refractivity contribution in [2.24, 2.45) is 0 Å². The number of carbonyl (C=O) groups is 1. The van der Waals surface area contributed by atoms with Crippen LogP contribution in [-0.2, 0) is 11.3 Å². The summed E-state index contributed by atoms with van der Waals surface area (Å²) in [7, 11) is 3.18. The van der Waals surface area contributed by atoms with Gasteiger partial charge in [0.2, 0.25) is 5.95 Å². The van der Waals surface area contributed by atoms with Crippen molar-refractivity contribution in [3.8, 4) is 17.2 Å². The fraction of sp³-hybridized carbons (Fsp3) is 0.417. The quantitative estimate of drug-likeness (QED) is 0.261. The Morgan fingerprint density at radius 3 is 2.47 bits per heavy atom. The zero-order valence-electron chi connectivity index (χ0n) is 28.2. The molecule has 47 heavy (non-hydrogen) atoms. The number of hydrogen-bond donors (Lipinski definition) is 1. The Morgan fingerprint density at radius 2 is 1.77 bits per heavy atom. The number of nitrogens with zero attached hydrogens (tertiary/aromatic N) is 5. The number of aryl methyl sites for hydroxylation is 2. The number of urea groups is 1. The maximum Gasteiger partial charge on any atom is 0.335 e. The number of rotatable bonds is 10. The molecule has 0 saturated carbocycles. The Bertz CT molecular complexity index is 1690. The molecule has 0 radical (unpaired) electrons. The van der Waals surface area contributed by atoms with Crippen LogP contribution in [0.4, 0.5) is 27.9 Å². The van der Waals surface area contributed by atoms with Crippen LogP contribution < -0.4 is 24.4 Å². The minimum Gasteiger partial charge on any atom is -0.497 e. The molecule has 2 aliphatic heterocycles. The first-order valence-electron chi connectivity index (χ1n) is 16.1. The van der Waals surface area contributed by atoms with Gasteiger partial charge in [0.25, 0.3) is 0 Å². The summed E-state index contributed by atoms with van der Waals surface area (Å²) >= 11 is 0.